The summed E-state index contributed by atoms with van der Waals surface area (Å²) in [4.78, 5) is 5.22. The first-order valence-electron chi connectivity index (χ1n) is 10.6. The molecule has 1 aromatic heterocycles. The Morgan fingerprint density at radius 3 is 2.35 bits per heavy atom. The minimum absolute atomic E-state index is 0.0584. The molecule has 31 heavy (non-hydrogen) atoms. The number of likely N-dealkylation sites (tertiary alicyclic amines) is 1. The van der Waals surface area contributed by atoms with Gasteiger partial charge in [0.05, 0.1) is 6.54 Å². The highest BCUT2D eigenvalue weighted by Crippen LogP contribution is 2.36. The van der Waals surface area contributed by atoms with E-state index in [0.717, 1.165) is 38.2 Å². The lowest BCUT2D eigenvalue weighted by Crippen LogP contribution is -2.38. The molecule has 0 bridgehead atoms. The molecule has 1 aliphatic carbocycles. The van der Waals surface area contributed by atoms with Crippen LogP contribution < -0.4 is 4.74 Å². The summed E-state index contributed by atoms with van der Waals surface area (Å²) < 4.78 is 77.2. The number of hydrogen-bond acceptors (Lipinski definition) is 5. The predicted molar refractivity (Wildman–Crippen MR) is 100 cm³/mol. The van der Waals surface area contributed by atoms with Crippen molar-refractivity contribution in [3.8, 4) is 5.75 Å². The monoisotopic (exact) mass is 445 g/mol. The Bertz CT molecular complexity index is 888. The van der Waals surface area contributed by atoms with E-state index in [2.05, 4.69) is 14.7 Å². The van der Waals surface area contributed by atoms with Crippen LogP contribution in [0.3, 0.4) is 0 Å². The van der Waals surface area contributed by atoms with Crippen molar-refractivity contribution in [2.24, 2.45) is 0 Å². The third kappa shape index (κ3) is 5.34. The SMILES string of the molecule is Fc1cc(C2CCCCC2)c(F)cc1OC1CCN(Cc2nc(C(F)(F)F)no2)CC1. The van der Waals surface area contributed by atoms with Gasteiger partial charge in [0, 0.05) is 19.2 Å². The fourth-order valence-electron chi connectivity index (χ4n) is 4.35. The van der Waals surface area contributed by atoms with Gasteiger partial charge >= 0.3 is 6.18 Å². The van der Waals surface area contributed by atoms with Crippen LogP contribution in [0.25, 0.3) is 0 Å². The molecule has 0 unspecified atom stereocenters. The van der Waals surface area contributed by atoms with E-state index in [4.69, 9.17) is 4.74 Å². The van der Waals surface area contributed by atoms with Gasteiger partial charge in [0.15, 0.2) is 11.6 Å². The van der Waals surface area contributed by atoms with E-state index in [-0.39, 0.29) is 30.2 Å². The molecule has 2 heterocycles. The summed E-state index contributed by atoms with van der Waals surface area (Å²) in [6.07, 6.45) is 1.04. The van der Waals surface area contributed by atoms with E-state index in [1.165, 1.54) is 6.07 Å². The van der Waals surface area contributed by atoms with Crippen molar-refractivity contribution in [3.05, 3.63) is 41.0 Å². The normalized spacial score (nSPS) is 19.6. The van der Waals surface area contributed by atoms with E-state index in [1.54, 1.807) is 0 Å². The molecule has 0 radical (unpaired) electrons. The van der Waals surface area contributed by atoms with Gasteiger partial charge in [-0.2, -0.15) is 18.2 Å². The largest absolute Gasteiger partial charge is 0.487 e. The molecule has 0 spiro atoms. The Labute approximate surface area is 176 Å². The summed E-state index contributed by atoms with van der Waals surface area (Å²) in [5.41, 5.74) is 0.428. The zero-order chi connectivity index (χ0) is 22.0. The molecule has 2 aromatic rings. The van der Waals surface area contributed by atoms with Crippen molar-refractivity contribution in [2.45, 2.75) is 69.7 Å². The van der Waals surface area contributed by atoms with E-state index in [0.29, 0.717) is 31.5 Å². The van der Waals surface area contributed by atoms with Crippen LogP contribution in [0, 0.1) is 11.6 Å². The van der Waals surface area contributed by atoms with E-state index in [1.807, 2.05) is 4.90 Å². The smallest absolute Gasteiger partial charge is 0.455 e. The molecular weight excluding hydrogens is 421 g/mol. The Morgan fingerprint density at radius 1 is 1.00 bits per heavy atom. The fourth-order valence-corrected chi connectivity index (χ4v) is 4.35. The molecule has 1 aliphatic heterocycles. The van der Waals surface area contributed by atoms with Crippen molar-refractivity contribution >= 4 is 0 Å². The first-order valence-corrected chi connectivity index (χ1v) is 10.6. The Kier molecular flexibility index (Phi) is 6.45. The first-order chi connectivity index (χ1) is 14.8. The lowest BCUT2D eigenvalue weighted by atomic mass is 9.84. The number of aromatic nitrogens is 2. The van der Waals surface area contributed by atoms with Crippen molar-refractivity contribution < 1.29 is 31.2 Å². The van der Waals surface area contributed by atoms with Gasteiger partial charge in [0.25, 0.3) is 5.82 Å². The van der Waals surface area contributed by atoms with Gasteiger partial charge in [-0.05, 0) is 43.2 Å². The summed E-state index contributed by atoms with van der Waals surface area (Å²) in [5.74, 6) is -2.44. The van der Waals surface area contributed by atoms with Gasteiger partial charge < -0.3 is 9.26 Å². The minimum atomic E-state index is -4.64. The maximum Gasteiger partial charge on any atom is 0.455 e. The van der Waals surface area contributed by atoms with E-state index >= 15 is 0 Å². The molecule has 5 nitrogen and oxygen atoms in total. The van der Waals surface area contributed by atoms with Crippen LogP contribution in [-0.4, -0.2) is 34.2 Å². The van der Waals surface area contributed by atoms with Crippen LogP contribution in [0.4, 0.5) is 22.0 Å². The highest BCUT2D eigenvalue weighted by atomic mass is 19.4. The summed E-state index contributed by atoms with van der Waals surface area (Å²) in [6, 6.07) is 2.41. The number of hydrogen-bond donors (Lipinski definition) is 0. The van der Waals surface area contributed by atoms with Gasteiger partial charge in [-0.15, -0.1) is 0 Å². The summed E-state index contributed by atoms with van der Waals surface area (Å²) >= 11 is 0. The predicted octanol–water partition coefficient (Wildman–Crippen LogP) is 5.46. The summed E-state index contributed by atoms with van der Waals surface area (Å²) in [7, 11) is 0. The van der Waals surface area contributed by atoms with Gasteiger partial charge in [-0.1, -0.05) is 24.4 Å². The van der Waals surface area contributed by atoms with E-state index < -0.39 is 23.6 Å². The Balaban J connectivity index is 1.31. The number of halogens is 5. The highest BCUT2D eigenvalue weighted by molar-refractivity contribution is 5.33. The molecule has 1 aromatic carbocycles. The molecule has 0 atom stereocenters. The maximum absolute atomic E-state index is 14.6. The maximum atomic E-state index is 14.6. The van der Waals surface area contributed by atoms with Crippen LogP contribution >= 0.6 is 0 Å². The number of piperidine rings is 1. The lowest BCUT2D eigenvalue weighted by molar-refractivity contribution is -0.146. The number of alkyl halides is 3. The molecule has 1 saturated carbocycles. The van der Waals surface area contributed by atoms with Crippen molar-refractivity contribution in [1.29, 1.82) is 0 Å². The Hall–Kier alpha value is -2.23. The minimum Gasteiger partial charge on any atom is -0.487 e. The lowest BCUT2D eigenvalue weighted by Gasteiger charge is -2.31. The number of ether oxygens (including phenoxy) is 1. The molecular formula is C21H24F5N3O2. The van der Waals surface area contributed by atoms with Gasteiger partial charge in [-0.25, -0.2) is 8.78 Å². The van der Waals surface area contributed by atoms with Gasteiger partial charge in [0.2, 0.25) is 5.89 Å². The van der Waals surface area contributed by atoms with Crippen LogP contribution in [0.15, 0.2) is 16.7 Å². The second-order valence-corrected chi connectivity index (χ2v) is 8.24. The fraction of sp³-hybridized carbons (Fsp3) is 0.619. The Morgan fingerprint density at radius 2 is 1.71 bits per heavy atom. The molecule has 170 valence electrons. The zero-order valence-corrected chi connectivity index (χ0v) is 16.9. The first kappa shape index (κ1) is 22.0. The summed E-state index contributed by atoms with van der Waals surface area (Å²) in [5, 5.41) is 2.94. The highest BCUT2D eigenvalue weighted by Gasteiger charge is 2.37. The van der Waals surface area contributed by atoms with Crippen molar-refractivity contribution in [1.82, 2.24) is 15.0 Å². The van der Waals surface area contributed by atoms with E-state index in [9.17, 15) is 22.0 Å². The molecule has 0 amide bonds. The van der Waals surface area contributed by atoms with Crippen LogP contribution in [0.2, 0.25) is 0 Å². The topological polar surface area (TPSA) is 51.4 Å². The quantitative estimate of drug-likeness (QED) is 0.573. The molecule has 10 heteroatoms. The average molecular weight is 445 g/mol. The van der Waals surface area contributed by atoms with Crippen molar-refractivity contribution in [3.63, 3.8) is 0 Å². The zero-order valence-electron chi connectivity index (χ0n) is 16.9. The molecule has 2 aliphatic rings. The van der Waals surface area contributed by atoms with Crippen LogP contribution in [0.5, 0.6) is 5.75 Å². The van der Waals surface area contributed by atoms with Crippen LogP contribution in [-0.2, 0) is 12.7 Å². The number of benzene rings is 1. The third-order valence-corrected chi connectivity index (χ3v) is 6.00. The molecule has 1 saturated heterocycles. The summed E-state index contributed by atoms with van der Waals surface area (Å²) in [6.45, 7) is 1.09. The van der Waals surface area contributed by atoms with Gasteiger partial charge in [0.1, 0.15) is 11.9 Å². The van der Waals surface area contributed by atoms with Crippen LogP contribution in [0.1, 0.15) is 68.1 Å². The molecule has 2 fully saturated rings. The molecule has 0 N–H and O–H groups in total. The van der Waals surface area contributed by atoms with Gasteiger partial charge in [-0.3, -0.25) is 4.90 Å². The number of nitrogens with zero attached hydrogens (tertiary/aromatic N) is 3. The second-order valence-electron chi connectivity index (χ2n) is 8.24. The average Bonchev–Trinajstić information content (AvgIpc) is 3.22. The number of rotatable bonds is 5. The molecule has 4 rings (SSSR count). The standard InChI is InChI=1S/C21H24F5N3O2/c22-16-11-18(17(23)10-15(16)13-4-2-1-3-5-13)30-14-6-8-29(9-7-14)12-19-27-20(28-31-19)21(24,25)26/h10-11,13-14H,1-9,12H2. The third-order valence-electron chi connectivity index (χ3n) is 6.00. The van der Waals surface area contributed by atoms with Crippen molar-refractivity contribution in [2.75, 3.05) is 13.1 Å². The second kappa shape index (κ2) is 9.10.